The van der Waals surface area contributed by atoms with E-state index in [1.807, 2.05) is 41.3 Å². The van der Waals surface area contributed by atoms with Gasteiger partial charge in [0.05, 0.1) is 43.0 Å². The number of methoxy groups -OCH3 is 1. The zero-order valence-corrected chi connectivity index (χ0v) is 21.6. The third-order valence-corrected chi connectivity index (χ3v) is 6.40. The molecule has 188 valence electrons. The van der Waals surface area contributed by atoms with Gasteiger partial charge in [-0.15, -0.1) is 11.3 Å². The molecule has 0 saturated carbocycles. The molecule has 0 bridgehead atoms. The van der Waals surface area contributed by atoms with Crippen LogP contribution in [-0.2, 0) is 11.2 Å². The van der Waals surface area contributed by atoms with Gasteiger partial charge in [0.25, 0.3) is 0 Å². The minimum Gasteiger partial charge on any atom is -0.494 e. The molecular weight excluding hydrogens is 477 g/mol. The van der Waals surface area contributed by atoms with E-state index in [9.17, 15) is 9.18 Å². The fourth-order valence-electron chi connectivity index (χ4n) is 3.91. The Morgan fingerprint density at radius 2 is 1.97 bits per heavy atom. The molecule has 0 spiro atoms. The van der Waals surface area contributed by atoms with Crippen molar-refractivity contribution in [2.75, 3.05) is 12.4 Å². The number of carbonyl (C=O) groups excluding carboxylic acids is 1. The monoisotopic (exact) mass is 507 g/mol. The van der Waals surface area contributed by atoms with Crippen molar-refractivity contribution in [1.29, 1.82) is 0 Å². The van der Waals surface area contributed by atoms with Crippen LogP contribution in [0.5, 0.6) is 5.75 Å². The van der Waals surface area contributed by atoms with Crippen molar-refractivity contribution in [2.45, 2.75) is 39.7 Å². The first-order chi connectivity index (χ1) is 17.3. The zero-order chi connectivity index (χ0) is 25.7. The third kappa shape index (κ3) is 6.48. The third-order valence-electron chi connectivity index (χ3n) is 5.62. The molecule has 4 aromatic rings. The van der Waals surface area contributed by atoms with Crippen LogP contribution in [0.4, 0.5) is 15.2 Å². The van der Waals surface area contributed by atoms with Gasteiger partial charge < -0.3 is 19.9 Å². The first kappa shape index (κ1) is 25.4. The minimum atomic E-state index is -0.316. The number of hydrogen-bond acceptors (Lipinski definition) is 6. The summed E-state index contributed by atoms with van der Waals surface area (Å²) in [6.45, 7) is 6.16. The molecule has 7 nitrogen and oxygen atoms in total. The van der Waals surface area contributed by atoms with Gasteiger partial charge in [0, 0.05) is 23.3 Å². The maximum Gasteiger partial charge on any atom is 0.224 e. The summed E-state index contributed by atoms with van der Waals surface area (Å²) in [5, 5.41) is 9.14. The molecule has 1 atom stereocenters. The summed E-state index contributed by atoms with van der Waals surface area (Å²) < 4.78 is 20.7. The normalized spacial score (nSPS) is 11.9. The molecule has 1 unspecified atom stereocenters. The summed E-state index contributed by atoms with van der Waals surface area (Å²) in [5.41, 5.74) is 4.23. The maximum absolute atomic E-state index is 13.2. The molecule has 2 aromatic heterocycles. The number of halogens is 1. The number of rotatable bonds is 10. The quantitative estimate of drug-likeness (QED) is 0.276. The lowest BCUT2D eigenvalue weighted by Crippen LogP contribution is -2.31. The number of thiazole rings is 1. The molecule has 1 amide bonds. The van der Waals surface area contributed by atoms with Gasteiger partial charge >= 0.3 is 0 Å². The summed E-state index contributed by atoms with van der Waals surface area (Å²) in [6.07, 6.45) is 4.64. The van der Waals surface area contributed by atoms with E-state index in [1.165, 1.54) is 23.5 Å². The van der Waals surface area contributed by atoms with E-state index in [-0.39, 0.29) is 24.2 Å². The molecule has 4 rings (SSSR count). The van der Waals surface area contributed by atoms with Crippen LogP contribution < -0.4 is 15.4 Å². The SMILES string of the molecule is COc1cc(Nc2nc(C(CC(C)C)NC(=O)Cc3ccc(F)cc3)cs2)ccc1-n1cnc(C)c1. The number of carbonyl (C=O) groups is 1. The second-order valence-corrected chi connectivity index (χ2v) is 9.92. The van der Waals surface area contributed by atoms with Crippen LogP contribution in [0.2, 0.25) is 0 Å². The molecule has 0 saturated heterocycles. The van der Waals surface area contributed by atoms with Crippen LogP contribution in [0.25, 0.3) is 5.69 Å². The van der Waals surface area contributed by atoms with Gasteiger partial charge in [0.15, 0.2) is 5.13 Å². The van der Waals surface area contributed by atoms with Crippen LogP contribution in [0.1, 0.15) is 43.3 Å². The number of hydrogen-bond donors (Lipinski definition) is 2. The number of amides is 1. The Labute approximate surface area is 214 Å². The highest BCUT2D eigenvalue weighted by Gasteiger charge is 2.20. The van der Waals surface area contributed by atoms with Crippen molar-refractivity contribution in [3.05, 3.63) is 83.1 Å². The zero-order valence-electron chi connectivity index (χ0n) is 20.8. The minimum absolute atomic E-state index is 0.121. The fraction of sp³-hybridized carbons (Fsp3) is 0.296. The van der Waals surface area contributed by atoms with E-state index >= 15 is 0 Å². The van der Waals surface area contributed by atoms with Crippen molar-refractivity contribution in [3.63, 3.8) is 0 Å². The number of nitrogens with one attached hydrogen (secondary N) is 2. The molecule has 0 aliphatic rings. The standard InChI is InChI=1S/C27H30FN5O2S/c1-17(2)11-22(31-26(34)12-19-5-7-20(28)8-6-19)23-15-36-27(32-23)30-21-9-10-24(25(13-21)35-4)33-14-18(3)29-16-33/h5-10,13-17,22H,11-12H2,1-4H3,(H,30,32)(H,31,34). The van der Waals surface area contributed by atoms with Gasteiger partial charge in [-0.2, -0.15) is 0 Å². The summed E-state index contributed by atoms with van der Waals surface area (Å²) >= 11 is 1.48. The molecular formula is C27H30FN5O2S. The Morgan fingerprint density at radius 1 is 1.19 bits per heavy atom. The summed E-state index contributed by atoms with van der Waals surface area (Å²) in [4.78, 5) is 21.8. The predicted molar refractivity (Wildman–Crippen MR) is 141 cm³/mol. The van der Waals surface area contributed by atoms with Crippen LogP contribution in [0.3, 0.4) is 0 Å². The van der Waals surface area contributed by atoms with Crippen LogP contribution in [0.15, 0.2) is 60.4 Å². The second kappa shape index (κ2) is 11.3. The van der Waals surface area contributed by atoms with Crippen molar-refractivity contribution in [2.24, 2.45) is 5.92 Å². The molecule has 0 radical (unpaired) electrons. The smallest absolute Gasteiger partial charge is 0.224 e. The fourth-order valence-corrected chi connectivity index (χ4v) is 4.69. The van der Waals surface area contributed by atoms with Gasteiger partial charge in [-0.25, -0.2) is 14.4 Å². The Bertz CT molecular complexity index is 1320. The Morgan fingerprint density at radius 3 is 2.64 bits per heavy atom. The lowest BCUT2D eigenvalue weighted by molar-refractivity contribution is -0.121. The highest BCUT2D eigenvalue weighted by Crippen LogP contribution is 2.31. The molecule has 2 heterocycles. The highest BCUT2D eigenvalue weighted by atomic mass is 32.1. The Kier molecular flexibility index (Phi) is 8.00. The van der Waals surface area contributed by atoms with E-state index in [2.05, 4.69) is 29.5 Å². The lowest BCUT2D eigenvalue weighted by Gasteiger charge is -2.19. The molecule has 9 heteroatoms. The van der Waals surface area contributed by atoms with Crippen LogP contribution >= 0.6 is 11.3 Å². The van der Waals surface area contributed by atoms with Crippen LogP contribution in [-0.4, -0.2) is 27.6 Å². The number of imidazole rings is 1. The van der Waals surface area contributed by atoms with E-state index in [0.717, 1.165) is 39.9 Å². The number of benzene rings is 2. The first-order valence-electron chi connectivity index (χ1n) is 11.8. The van der Waals surface area contributed by atoms with Gasteiger partial charge in [0.2, 0.25) is 5.91 Å². The maximum atomic E-state index is 13.2. The van der Waals surface area contributed by atoms with Crippen molar-refractivity contribution >= 4 is 28.1 Å². The summed E-state index contributed by atoms with van der Waals surface area (Å²) in [6, 6.07) is 11.6. The highest BCUT2D eigenvalue weighted by molar-refractivity contribution is 7.13. The molecule has 0 fully saturated rings. The number of aromatic nitrogens is 3. The second-order valence-electron chi connectivity index (χ2n) is 9.06. The van der Waals surface area contributed by atoms with Crippen LogP contribution in [0, 0.1) is 18.7 Å². The van der Waals surface area contributed by atoms with E-state index < -0.39 is 0 Å². The van der Waals surface area contributed by atoms with E-state index in [1.54, 1.807) is 25.6 Å². The molecule has 0 aliphatic heterocycles. The molecule has 0 aliphatic carbocycles. The average molecular weight is 508 g/mol. The van der Waals surface area contributed by atoms with Crippen molar-refractivity contribution in [3.8, 4) is 11.4 Å². The predicted octanol–water partition coefficient (Wildman–Crippen LogP) is 5.97. The first-order valence-corrected chi connectivity index (χ1v) is 12.6. The molecule has 36 heavy (non-hydrogen) atoms. The topological polar surface area (TPSA) is 81.1 Å². The molecule has 2 aromatic carbocycles. The largest absolute Gasteiger partial charge is 0.494 e. The van der Waals surface area contributed by atoms with E-state index in [4.69, 9.17) is 9.72 Å². The Hall–Kier alpha value is -3.72. The van der Waals surface area contributed by atoms with E-state index in [0.29, 0.717) is 11.7 Å². The Balaban J connectivity index is 1.46. The van der Waals surface area contributed by atoms with Crippen molar-refractivity contribution < 1.29 is 13.9 Å². The summed E-state index contributed by atoms with van der Waals surface area (Å²) in [7, 11) is 1.64. The lowest BCUT2D eigenvalue weighted by atomic mass is 10.0. The number of anilines is 2. The number of ether oxygens (including phenoxy) is 1. The number of nitrogens with zero attached hydrogens (tertiary/aromatic N) is 3. The van der Waals surface area contributed by atoms with Gasteiger partial charge in [-0.1, -0.05) is 26.0 Å². The average Bonchev–Trinajstić information content (AvgIpc) is 3.49. The number of aryl methyl sites for hydroxylation is 1. The van der Waals surface area contributed by atoms with Gasteiger partial charge in [0.1, 0.15) is 11.6 Å². The summed E-state index contributed by atoms with van der Waals surface area (Å²) in [5.74, 6) is 0.635. The van der Waals surface area contributed by atoms with Crippen molar-refractivity contribution in [1.82, 2.24) is 19.9 Å². The molecule has 2 N–H and O–H groups in total. The van der Waals surface area contributed by atoms with Gasteiger partial charge in [-0.05, 0) is 49.1 Å². The van der Waals surface area contributed by atoms with Gasteiger partial charge in [-0.3, -0.25) is 4.79 Å².